The van der Waals surface area contributed by atoms with E-state index < -0.39 is 17.6 Å². The van der Waals surface area contributed by atoms with Crippen LogP contribution in [-0.2, 0) is 6.18 Å². The zero-order chi connectivity index (χ0) is 15.1. The Morgan fingerprint density at radius 3 is 2.00 bits per heavy atom. The van der Waals surface area contributed by atoms with E-state index in [4.69, 9.17) is 15.9 Å². The van der Waals surface area contributed by atoms with Crippen molar-refractivity contribution < 1.29 is 28.2 Å². The Morgan fingerprint density at radius 2 is 1.79 bits per heavy atom. The lowest BCUT2D eigenvalue weighted by atomic mass is 10.1. The first-order valence-electron chi connectivity index (χ1n) is 5.44. The molecule has 1 amide bonds. The highest BCUT2D eigenvalue weighted by atomic mass is 19.4. The zero-order valence-corrected chi connectivity index (χ0v) is 10.3. The second-order valence-electron chi connectivity index (χ2n) is 3.80. The number of carbonyl (C=O) groups is 1. The number of amides is 1. The third kappa shape index (κ3) is 7.43. The Hall–Kier alpha value is -1.60. The monoisotopic (exact) mass is 279 g/mol. The van der Waals surface area contributed by atoms with Crippen molar-refractivity contribution in [3.05, 3.63) is 35.4 Å². The van der Waals surface area contributed by atoms with E-state index in [1.165, 1.54) is 0 Å². The minimum absolute atomic E-state index is 0.0630. The Bertz CT molecular complexity index is 388. The lowest BCUT2D eigenvalue weighted by Crippen LogP contribution is -2.11. The lowest BCUT2D eigenvalue weighted by Gasteiger charge is -2.05. The molecule has 1 aromatic carbocycles. The molecule has 1 atom stereocenters. The van der Waals surface area contributed by atoms with Crippen molar-refractivity contribution in [3.8, 4) is 0 Å². The van der Waals surface area contributed by atoms with E-state index in [1.54, 1.807) is 6.92 Å². The van der Waals surface area contributed by atoms with Crippen LogP contribution in [0.1, 0.15) is 29.3 Å². The smallest absolute Gasteiger partial charge is 0.396 e. The van der Waals surface area contributed by atoms with Crippen LogP contribution in [0.5, 0.6) is 0 Å². The number of alkyl halides is 3. The molecule has 0 fully saturated rings. The van der Waals surface area contributed by atoms with Gasteiger partial charge in [0.1, 0.15) is 0 Å². The molecule has 1 rings (SSSR count). The minimum Gasteiger partial charge on any atom is -0.396 e. The quantitative estimate of drug-likeness (QED) is 0.785. The molecule has 0 spiro atoms. The highest BCUT2D eigenvalue weighted by Crippen LogP contribution is 2.28. The Kier molecular flexibility index (Phi) is 7.10. The summed E-state index contributed by atoms with van der Waals surface area (Å²) in [6.07, 6.45) is -4.24. The number of carbonyl (C=O) groups excluding carboxylic acids is 1. The molecule has 0 aliphatic carbocycles. The summed E-state index contributed by atoms with van der Waals surface area (Å²) in [6.45, 7) is 1.73. The molecule has 1 unspecified atom stereocenters. The topological polar surface area (TPSA) is 83.6 Å². The van der Waals surface area contributed by atoms with Gasteiger partial charge in [-0.3, -0.25) is 4.79 Å². The van der Waals surface area contributed by atoms with Crippen LogP contribution in [0.25, 0.3) is 0 Å². The molecule has 0 aliphatic rings. The van der Waals surface area contributed by atoms with Crippen molar-refractivity contribution in [2.75, 3.05) is 6.61 Å². The second-order valence-corrected chi connectivity index (χ2v) is 3.80. The fourth-order valence-corrected chi connectivity index (χ4v) is 1.01. The number of aliphatic hydroxyl groups is 2. The van der Waals surface area contributed by atoms with Crippen molar-refractivity contribution >= 4 is 5.91 Å². The molecule has 0 saturated heterocycles. The SMILES string of the molecule is CC(O)CCO.NC(=O)c1ccc(C(F)(F)F)cc1. The number of rotatable bonds is 3. The van der Waals surface area contributed by atoms with Gasteiger partial charge in [-0.15, -0.1) is 0 Å². The molecule has 19 heavy (non-hydrogen) atoms. The number of halogens is 3. The average molecular weight is 279 g/mol. The Labute approximate surface area is 108 Å². The Morgan fingerprint density at radius 1 is 1.32 bits per heavy atom. The standard InChI is InChI=1S/C8H6F3NO.C4H10O2/c9-8(10,11)6-3-1-5(2-4-6)7(12)13;1-4(6)2-3-5/h1-4H,(H2,12,13);4-6H,2-3H2,1H3. The van der Waals surface area contributed by atoms with Gasteiger partial charge in [0.25, 0.3) is 0 Å². The van der Waals surface area contributed by atoms with Gasteiger partial charge >= 0.3 is 6.18 Å². The number of nitrogens with two attached hydrogens (primary N) is 1. The molecule has 4 N–H and O–H groups in total. The number of primary amides is 1. The third-order valence-corrected chi connectivity index (χ3v) is 2.04. The third-order valence-electron chi connectivity index (χ3n) is 2.04. The molecule has 0 aliphatic heterocycles. The van der Waals surface area contributed by atoms with E-state index in [0.717, 1.165) is 24.3 Å². The summed E-state index contributed by atoms with van der Waals surface area (Å²) >= 11 is 0. The number of benzene rings is 1. The summed E-state index contributed by atoms with van der Waals surface area (Å²) in [5.41, 5.74) is 4.12. The van der Waals surface area contributed by atoms with Gasteiger partial charge in [0.05, 0.1) is 11.7 Å². The second kappa shape index (κ2) is 7.75. The maximum atomic E-state index is 12.0. The van der Waals surface area contributed by atoms with Crippen molar-refractivity contribution in [2.24, 2.45) is 5.73 Å². The predicted octanol–water partition coefficient (Wildman–Crippen LogP) is 1.55. The van der Waals surface area contributed by atoms with E-state index in [2.05, 4.69) is 0 Å². The van der Waals surface area contributed by atoms with E-state index in [9.17, 15) is 18.0 Å². The highest BCUT2D eigenvalue weighted by Gasteiger charge is 2.30. The van der Waals surface area contributed by atoms with Crippen molar-refractivity contribution in [1.29, 1.82) is 0 Å². The van der Waals surface area contributed by atoms with Gasteiger partial charge in [0.15, 0.2) is 0 Å². The lowest BCUT2D eigenvalue weighted by molar-refractivity contribution is -0.137. The summed E-state index contributed by atoms with van der Waals surface area (Å²) in [4.78, 5) is 10.5. The van der Waals surface area contributed by atoms with E-state index in [1.807, 2.05) is 0 Å². The van der Waals surface area contributed by atoms with Crippen molar-refractivity contribution in [2.45, 2.75) is 25.6 Å². The number of hydrogen-bond donors (Lipinski definition) is 3. The van der Waals surface area contributed by atoms with Crippen LogP contribution in [-0.4, -0.2) is 28.8 Å². The van der Waals surface area contributed by atoms with Crippen LogP contribution in [0.3, 0.4) is 0 Å². The minimum atomic E-state index is -4.38. The van der Waals surface area contributed by atoms with Gasteiger partial charge in [-0.25, -0.2) is 0 Å². The van der Waals surface area contributed by atoms with E-state index >= 15 is 0 Å². The zero-order valence-electron chi connectivity index (χ0n) is 10.3. The molecule has 0 saturated carbocycles. The van der Waals surface area contributed by atoms with Gasteiger partial charge < -0.3 is 15.9 Å². The van der Waals surface area contributed by atoms with E-state index in [-0.39, 0.29) is 18.3 Å². The maximum absolute atomic E-state index is 12.0. The van der Waals surface area contributed by atoms with Crippen LogP contribution < -0.4 is 5.73 Å². The molecule has 1 aromatic rings. The molecular weight excluding hydrogens is 263 g/mol. The molecule has 108 valence electrons. The van der Waals surface area contributed by atoms with Crippen LogP contribution in [0.15, 0.2) is 24.3 Å². The Balaban J connectivity index is 0.000000459. The summed E-state index contributed by atoms with van der Waals surface area (Å²) in [5.74, 6) is -0.742. The number of aliphatic hydroxyl groups excluding tert-OH is 2. The van der Waals surface area contributed by atoms with Gasteiger partial charge in [-0.05, 0) is 37.6 Å². The molecule has 7 heteroatoms. The molecule has 0 bridgehead atoms. The van der Waals surface area contributed by atoms with Gasteiger partial charge in [0.2, 0.25) is 5.91 Å². The molecule has 4 nitrogen and oxygen atoms in total. The van der Waals surface area contributed by atoms with Crippen LogP contribution in [0.2, 0.25) is 0 Å². The van der Waals surface area contributed by atoms with Crippen molar-refractivity contribution in [1.82, 2.24) is 0 Å². The molecule has 0 radical (unpaired) electrons. The first kappa shape index (κ1) is 17.4. The van der Waals surface area contributed by atoms with Crippen LogP contribution in [0.4, 0.5) is 13.2 Å². The predicted molar refractivity (Wildman–Crippen MR) is 63.3 cm³/mol. The van der Waals surface area contributed by atoms with Crippen molar-refractivity contribution in [3.63, 3.8) is 0 Å². The highest BCUT2D eigenvalue weighted by molar-refractivity contribution is 5.92. The van der Waals surface area contributed by atoms with Gasteiger partial charge in [0, 0.05) is 12.2 Å². The van der Waals surface area contributed by atoms with Crippen LogP contribution in [0, 0.1) is 0 Å². The number of hydrogen-bond acceptors (Lipinski definition) is 3. The fourth-order valence-electron chi connectivity index (χ4n) is 1.01. The summed E-state index contributed by atoms with van der Waals surface area (Å²) < 4.78 is 36.0. The summed E-state index contributed by atoms with van der Waals surface area (Å²) in [7, 11) is 0. The molecule has 0 heterocycles. The first-order valence-corrected chi connectivity index (χ1v) is 5.44. The molecular formula is C12H16F3NO3. The average Bonchev–Trinajstić information content (AvgIpc) is 2.28. The van der Waals surface area contributed by atoms with Gasteiger partial charge in [-0.1, -0.05) is 0 Å². The summed E-state index contributed by atoms with van der Waals surface area (Å²) in [6, 6.07) is 3.73. The van der Waals surface area contributed by atoms with E-state index in [0.29, 0.717) is 6.42 Å². The largest absolute Gasteiger partial charge is 0.416 e. The fraction of sp³-hybridized carbons (Fsp3) is 0.417. The summed E-state index contributed by atoms with van der Waals surface area (Å²) in [5, 5.41) is 16.5. The van der Waals surface area contributed by atoms with Gasteiger partial charge in [-0.2, -0.15) is 13.2 Å². The van der Waals surface area contributed by atoms with Crippen LogP contribution >= 0.6 is 0 Å². The first-order chi connectivity index (χ1) is 8.68. The maximum Gasteiger partial charge on any atom is 0.416 e. The normalized spacial score (nSPS) is 12.3. The molecule has 0 aromatic heterocycles.